The van der Waals surface area contributed by atoms with Crippen LogP contribution >= 0.6 is 11.3 Å². The average Bonchev–Trinajstić information content (AvgIpc) is 3.28. The second-order valence-corrected chi connectivity index (χ2v) is 10.1. The number of rotatable bonds is 2. The number of pyridine rings is 1. The molecule has 6 rings (SSSR count). The van der Waals surface area contributed by atoms with Gasteiger partial charge >= 0.3 is 0 Å². The summed E-state index contributed by atoms with van der Waals surface area (Å²) in [6.45, 7) is 1.90. The van der Waals surface area contributed by atoms with Crippen molar-refractivity contribution < 1.29 is 4.79 Å². The molecule has 160 valence electrons. The number of carbonyl (C=O) groups is 1. The van der Waals surface area contributed by atoms with Gasteiger partial charge in [-0.1, -0.05) is 6.42 Å². The van der Waals surface area contributed by atoms with E-state index in [-0.39, 0.29) is 11.5 Å². The minimum Gasteiger partial charge on any atom is -0.335 e. The van der Waals surface area contributed by atoms with Gasteiger partial charge in [0.05, 0.1) is 5.39 Å². The van der Waals surface area contributed by atoms with E-state index in [0.717, 1.165) is 60.7 Å². The van der Waals surface area contributed by atoms with Crippen LogP contribution in [0.3, 0.4) is 0 Å². The van der Waals surface area contributed by atoms with E-state index < -0.39 is 5.66 Å². The Bertz CT molecular complexity index is 1290. The molecule has 0 radical (unpaired) electrons. The van der Waals surface area contributed by atoms with Gasteiger partial charge in [0, 0.05) is 4.88 Å². The molecule has 4 heterocycles. The van der Waals surface area contributed by atoms with E-state index in [0.29, 0.717) is 17.2 Å². The number of thiophene rings is 1. The lowest BCUT2D eigenvalue weighted by Gasteiger charge is -2.35. The van der Waals surface area contributed by atoms with E-state index in [4.69, 9.17) is 0 Å². The Balaban J connectivity index is 1.50. The first-order chi connectivity index (χ1) is 15.1. The summed E-state index contributed by atoms with van der Waals surface area (Å²) in [6.07, 6.45) is 10.8. The van der Waals surface area contributed by atoms with Crippen molar-refractivity contribution >= 4 is 39.0 Å². The van der Waals surface area contributed by atoms with E-state index in [2.05, 4.69) is 20.6 Å². The van der Waals surface area contributed by atoms with Crippen LogP contribution in [0.5, 0.6) is 0 Å². The fourth-order valence-electron chi connectivity index (χ4n) is 5.65. The summed E-state index contributed by atoms with van der Waals surface area (Å²) in [5, 5.41) is 7.54. The zero-order valence-corrected chi connectivity index (χ0v) is 18.4. The number of carbonyl (C=O) groups excluding carboxylic acids is 1. The lowest BCUT2D eigenvalue weighted by atomic mass is 9.89. The molecule has 7 nitrogen and oxygen atoms in total. The van der Waals surface area contributed by atoms with Crippen molar-refractivity contribution in [2.75, 3.05) is 5.32 Å². The molecule has 3 aliphatic rings. The molecule has 1 saturated carbocycles. The minimum absolute atomic E-state index is 0.139. The van der Waals surface area contributed by atoms with Gasteiger partial charge in [0.25, 0.3) is 11.5 Å². The predicted molar refractivity (Wildman–Crippen MR) is 121 cm³/mol. The first kappa shape index (κ1) is 19.0. The van der Waals surface area contributed by atoms with Crippen molar-refractivity contribution in [3.63, 3.8) is 0 Å². The second-order valence-electron chi connectivity index (χ2n) is 9.01. The Morgan fingerprint density at radius 2 is 1.90 bits per heavy atom. The second kappa shape index (κ2) is 6.88. The summed E-state index contributed by atoms with van der Waals surface area (Å²) in [5.74, 6) is 0.552. The van der Waals surface area contributed by atoms with Crippen molar-refractivity contribution in [2.24, 2.45) is 0 Å². The van der Waals surface area contributed by atoms with Crippen LogP contribution in [0, 0.1) is 6.92 Å². The SMILES string of the molecule is Cc1cc(Nc2ncnc3sc4c(c23)CCCC4)c(=O)n2c1C(=O)NC21CCCCC1. The highest BCUT2D eigenvalue weighted by Crippen LogP contribution is 2.40. The first-order valence-electron chi connectivity index (χ1n) is 11.2. The summed E-state index contributed by atoms with van der Waals surface area (Å²) >= 11 is 1.74. The maximum Gasteiger partial charge on any atom is 0.276 e. The highest BCUT2D eigenvalue weighted by molar-refractivity contribution is 7.19. The molecule has 3 aromatic rings. The summed E-state index contributed by atoms with van der Waals surface area (Å²) in [4.78, 5) is 37.8. The van der Waals surface area contributed by atoms with Crippen LogP contribution < -0.4 is 16.2 Å². The Labute approximate surface area is 183 Å². The molecule has 1 fully saturated rings. The van der Waals surface area contributed by atoms with Gasteiger partial charge in [0.15, 0.2) is 0 Å². The third-order valence-electron chi connectivity index (χ3n) is 7.07. The molecule has 0 bridgehead atoms. The Kier molecular flexibility index (Phi) is 4.21. The van der Waals surface area contributed by atoms with Crippen molar-refractivity contribution in [1.82, 2.24) is 19.9 Å². The van der Waals surface area contributed by atoms with E-state index in [9.17, 15) is 9.59 Å². The standard InChI is InChI=1S/C23H25N5O2S/c1-13-11-15(22(30)28-18(13)20(29)27-23(28)9-5-2-6-10-23)26-19-17-14-7-3-4-8-16(14)31-21(17)25-12-24-19/h11-12H,2-10H2,1H3,(H,27,29)(H,24,25,26). The molecule has 1 aliphatic heterocycles. The highest BCUT2D eigenvalue weighted by atomic mass is 32.1. The number of aromatic nitrogens is 3. The van der Waals surface area contributed by atoms with Crippen LogP contribution in [0.25, 0.3) is 10.2 Å². The van der Waals surface area contributed by atoms with E-state index in [1.807, 2.05) is 6.92 Å². The summed E-state index contributed by atoms with van der Waals surface area (Å²) in [7, 11) is 0. The molecule has 1 amide bonds. The molecule has 8 heteroatoms. The topological polar surface area (TPSA) is 88.9 Å². The number of nitrogens with one attached hydrogen (secondary N) is 2. The number of hydrogen-bond acceptors (Lipinski definition) is 6. The van der Waals surface area contributed by atoms with Crippen molar-refractivity contribution in [3.05, 3.63) is 44.4 Å². The molecule has 0 saturated heterocycles. The molecule has 0 unspecified atom stereocenters. The van der Waals surface area contributed by atoms with Gasteiger partial charge in [-0.15, -0.1) is 11.3 Å². The van der Waals surface area contributed by atoms with Gasteiger partial charge < -0.3 is 10.6 Å². The monoisotopic (exact) mass is 435 g/mol. The molecule has 2 N–H and O–H groups in total. The van der Waals surface area contributed by atoms with Gasteiger partial charge in [0.2, 0.25) is 0 Å². The quantitative estimate of drug-likeness (QED) is 0.631. The fourth-order valence-corrected chi connectivity index (χ4v) is 6.88. The Morgan fingerprint density at radius 3 is 2.74 bits per heavy atom. The molecule has 0 atom stereocenters. The number of amides is 1. The summed E-state index contributed by atoms with van der Waals surface area (Å²) < 4.78 is 1.73. The van der Waals surface area contributed by atoms with Gasteiger partial charge in [0.1, 0.15) is 34.0 Å². The lowest BCUT2D eigenvalue weighted by molar-refractivity contribution is 0.0876. The number of aryl methyl sites for hydroxylation is 3. The number of nitrogens with zero attached hydrogens (tertiary/aromatic N) is 3. The molecule has 2 aliphatic carbocycles. The maximum absolute atomic E-state index is 13.7. The van der Waals surface area contributed by atoms with Crippen LogP contribution in [0.15, 0.2) is 17.2 Å². The zero-order chi connectivity index (χ0) is 21.2. The fraction of sp³-hybridized carbons (Fsp3) is 0.478. The van der Waals surface area contributed by atoms with Crippen molar-refractivity contribution in [3.8, 4) is 0 Å². The largest absolute Gasteiger partial charge is 0.335 e. The van der Waals surface area contributed by atoms with Crippen LogP contribution in [0.4, 0.5) is 11.5 Å². The van der Waals surface area contributed by atoms with E-state index >= 15 is 0 Å². The molecular formula is C23H25N5O2S. The average molecular weight is 436 g/mol. The van der Waals surface area contributed by atoms with Crippen molar-refractivity contribution in [1.29, 1.82) is 0 Å². The third kappa shape index (κ3) is 2.77. The van der Waals surface area contributed by atoms with Gasteiger partial charge in [-0.05, 0) is 75.5 Å². The Morgan fingerprint density at radius 1 is 1.10 bits per heavy atom. The zero-order valence-electron chi connectivity index (χ0n) is 17.6. The highest BCUT2D eigenvalue weighted by Gasteiger charge is 2.45. The molecule has 1 spiro atoms. The molecule has 3 aromatic heterocycles. The van der Waals surface area contributed by atoms with Crippen LogP contribution in [0.1, 0.15) is 71.4 Å². The van der Waals surface area contributed by atoms with Crippen LogP contribution in [-0.4, -0.2) is 20.4 Å². The van der Waals surface area contributed by atoms with E-state index in [1.54, 1.807) is 28.3 Å². The predicted octanol–water partition coefficient (Wildman–Crippen LogP) is 4.14. The van der Waals surface area contributed by atoms with Crippen LogP contribution in [0.2, 0.25) is 0 Å². The van der Waals surface area contributed by atoms with E-state index in [1.165, 1.54) is 23.3 Å². The van der Waals surface area contributed by atoms with Gasteiger partial charge in [-0.2, -0.15) is 0 Å². The van der Waals surface area contributed by atoms with Crippen molar-refractivity contribution in [2.45, 2.75) is 70.4 Å². The lowest BCUT2D eigenvalue weighted by Crippen LogP contribution is -2.48. The Hall–Kier alpha value is -2.74. The number of hydrogen-bond donors (Lipinski definition) is 2. The number of anilines is 2. The molecule has 0 aromatic carbocycles. The third-order valence-corrected chi connectivity index (χ3v) is 8.27. The normalized spacial score (nSPS) is 19.3. The molecule has 31 heavy (non-hydrogen) atoms. The molecular weight excluding hydrogens is 410 g/mol. The first-order valence-corrected chi connectivity index (χ1v) is 12.0. The summed E-state index contributed by atoms with van der Waals surface area (Å²) in [5.41, 5.74) is 2.35. The number of fused-ring (bicyclic) bond motifs is 5. The van der Waals surface area contributed by atoms with Gasteiger partial charge in [-0.25, -0.2) is 9.97 Å². The smallest absolute Gasteiger partial charge is 0.276 e. The van der Waals surface area contributed by atoms with Crippen LogP contribution in [-0.2, 0) is 18.5 Å². The minimum atomic E-state index is -0.591. The summed E-state index contributed by atoms with van der Waals surface area (Å²) in [6, 6.07) is 1.79. The maximum atomic E-state index is 13.7. The van der Waals surface area contributed by atoms with Gasteiger partial charge in [-0.3, -0.25) is 14.2 Å².